The molecule has 0 aliphatic carbocycles. The van der Waals surface area contributed by atoms with Crippen molar-refractivity contribution in [1.82, 2.24) is 0 Å². The third-order valence-electron chi connectivity index (χ3n) is 1.43. The van der Waals surface area contributed by atoms with Crippen LogP contribution in [0.3, 0.4) is 0 Å². The van der Waals surface area contributed by atoms with Gasteiger partial charge in [-0.05, 0) is 18.6 Å². The predicted octanol–water partition coefficient (Wildman–Crippen LogP) is 2.52. The zero-order chi connectivity index (χ0) is 8.10. The Kier molecular flexibility index (Phi) is 2.69. The zero-order valence-corrected chi connectivity index (χ0v) is 6.41. The molecule has 58 valence electrons. The highest BCUT2D eigenvalue weighted by molar-refractivity contribution is 5.65. The smallest absolute Gasteiger partial charge is 0.0674 e. The first kappa shape index (κ1) is 7.82. The van der Waals surface area contributed by atoms with Gasteiger partial charge in [0.2, 0.25) is 0 Å². The molecule has 0 amide bonds. The molecule has 0 saturated carbocycles. The lowest BCUT2D eigenvalue weighted by Crippen LogP contribution is -1.90. The Morgan fingerprint density at radius 1 is 1.36 bits per heavy atom. The molecule has 0 atom stereocenters. The summed E-state index contributed by atoms with van der Waals surface area (Å²) in [5, 5.41) is 8.66. The second kappa shape index (κ2) is 3.78. The second-order valence-electron chi connectivity index (χ2n) is 2.20. The zero-order valence-electron chi connectivity index (χ0n) is 6.41. The topological polar surface area (TPSA) is 32.3 Å². The minimum atomic E-state index is 0.727. The molecule has 2 nitrogen and oxygen atoms in total. The van der Waals surface area contributed by atoms with E-state index in [1.165, 1.54) is 0 Å². The SMILES string of the molecule is CC=Cc1ccccc1NO. The maximum absolute atomic E-state index is 8.66. The van der Waals surface area contributed by atoms with E-state index < -0.39 is 0 Å². The number of anilines is 1. The molecule has 0 aliphatic rings. The first-order valence-corrected chi connectivity index (χ1v) is 3.50. The maximum Gasteiger partial charge on any atom is 0.0674 e. The summed E-state index contributed by atoms with van der Waals surface area (Å²) < 4.78 is 0. The third-order valence-corrected chi connectivity index (χ3v) is 1.43. The van der Waals surface area contributed by atoms with Crippen LogP contribution < -0.4 is 5.48 Å². The molecule has 11 heavy (non-hydrogen) atoms. The van der Waals surface area contributed by atoms with E-state index in [1.807, 2.05) is 43.3 Å². The molecule has 0 heterocycles. The summed E-state index contributed by atoms with van der Waals surface area (Å²) in [7, 11) is 0. The van der Waals surface area contributed by atoms with E-state index in [1.54, 1.807) is 0 Å². The van der Waals surface area contributed by atoms with Crippen molar-refractivity contribution in [2.24, 2.45) is 0 Å². The molecule has 2 heteroatoms. The molecule has 0 fully saturated rings. The van der Waals surface area contributed by atoms with Crippen molar-refractivity contribution in [2.45, 2.75) is 6.92 Å². The fraction of sp³-hybridized carbons (Fsp3) is 0.111. The number of hydrogen-bond donors (Lipinski definition) is 2. The van der Waals surface area contributed by atoms with Crippen LogP contribution in [-0.4, -0.2) is 5.21 Å². The average Bonchev–Trinajstić information content (AvgIpc) is 2.06. The van der Waals surface area contributed by atoms with Crippen molar-refractivity contribution in [3.8, 4) is 0 Å². The predicted molar refractivity (Wildman–Crippen MR) is 46.6 cm³/mol. The molecule has 1 rings (SSSR count). The Bertz CT molecular complexity index is 255. The van der Waals surface area contributed by atoms with Gasteiger partial charge in [0.1, 0.15) is 0 Å². The summed E-state index contributed by atoms with van der Waals surface area (Å²) in [4.78, 5) is 0. The monoisotopic (exact) mass is 149 g/mol. The molecular weight excluding hydrogens is 138 g/mol. The summed E-state index contributed by atoms with van der Waals surface area (Å²) in [6.45, 7) is 1.94. The molecule has 1 aromatic carbocycles. The van der Waals surface area contributed by atoms with Gasteiger partial charge in [-0.1, -0.05) is 30.4 Å². The van der Waals surface area contributed by atoms with Gasteiger partial charge >= 0.3 is 0 Å². The normalized spacial score (nSPS) is 10.4. The van der Waals surface area contributed by atoms with Crippen molar-refractivity contribution in [3.63, 3.8) is 0 Å². The van der Waals surface area contributed by atoms with Gasteiger partial charge in [0.25, 0.3) is 0 Å². The lowest BCUT2D eigenvalue weighted by atomic mass is 10.2. The Morgan fingerprint density at radius 3 is 2.73 bits per heavy atom. The highest BCUT2D eigenvalue weighted by Crippen LogP contribution is 2.14. The van der Waals surface area contributed by atoms with Crippen LogP contribution in [0.15, 0.2) is 30.3 Å². The van der Waals surface area contributed by atoms with Crippen LogP contribution >= 0.6 is 0 Å². The number of benzene rings is 1. The lowest BCUT2D eigenvalue weighted by Gasteiger charge is -2.01. The Hall–Kier alpha value is -1.28. The molecule has 0 aromatic heterocycles. The summed E-state index contributed by atoms with van der Waals surface area (Å²) in [5.74, 6) is 0. The van der Waals surface area contributed by atoms with Gasteiger partial charge in [-0.25, -0.2) is 0 Å². The van der Waals surface area contributed by atoms with Crippen molar-refractivity contribution in [3.05, 3.63) is 35.9 Å². The molecule has 0 radical (unpaired) electrons. The molecule has 0 spiro atoms. The highest BCUT2D eigenvalue weighted by atomic mass is 16.5. The summed E-state index contributed by atoms with van der Waals surface area (Å²) >= 11 is 0. The summed E-state index contributed by atoms with van der Waals surface area (Å²) in [6.07, 6.45) is 3.86. The van der Waals surface area contributed by atoms with Gasteiger partial charge in [0.05, 0.1) is 5.69 Å². The van der Waals surface area contributed by atoms with E-state index in [9.17, 15) is 0 Å². The second-order valence-corrected chi connectivity index (χ2v) is 2.20. The summed E-state index contributed by atoms with van der Waals surface area (Å²) in [5.41, 5.74) is 3.84. The molecule has 0 aliphatic heterocycles. The van der Waals surface area contributed by atoms with Crippen LogP contribution in [0.2, 0.25) is 0 Å². The minimum absolute atomic E-state index is 0.727. The molecule has 2 N–H and O–H groups in total. The Balaban J connectivity index is 3.02. The van der Waals surface area contributed by atoms with E-state index >= 15 is 0 Å². The van der Waals surface area contributed by atoms with Crippen molar-refractivity contribution in [2.75, 3.05) is 5.48 Å². The van der Waals surface area contributed by atoms with Crippen LogP contribution in [0.4, 0.5) is 5.69 Å². The molecule has 1 aromatic rings. The van der Waals surface area contributed by atoms with Gasteiger partial charge in [-0.15, -0.1) is 0 Å². The van der Waals surface area contributed by atoms with Gasteiger partial charge in [-0.2, -0.15) is 0 Å². The van der Waals surface area contributed by atoms with Gasteiger partial charge in [0.15, 0.2) is 0 Å². The average molecular weight is 149 g/mol. The largest absolute Gasteiger partial charge is 0.291 e. The molecule has 0 bridgehead atoms. The molecular formula is C9H11NO. The Morgan fingerprint density at radius 2 is 2.09 bits per heavy atom. The van der Waals surface area contributed by atoms with Crippen LogP contribution in [-0.2, 0) is 0 Å². The molecule has 0 saturated heterocycles. The van der Waals surface area contributed by atoms with E-state index in [0.717, 1.165) is 11.3 Å². The first-order chi connectivity index (χ1) is 5.38. The highest BCUT2D eigenvalue weighted by Gasteiger charge is 1.93. The minimum Gasteiger partial charge on any atom is -0.291 e. The van der Waals surface area contributed by atoms with Gasteiger partial charge < -0.3 is 0 Å². The lowest BCUT2D eigenvalue weighted by molar-refractivity contribution is 0.389. The van der Waals surface area contributed by atoms with E-state index in [0.29, 0.717) is 0 Å². The van der Waals surface area contributed by atoms with Crippen LogP contribution in [0.25, 0.3) is 6.08 Å². The van der Waals surface area contributed by atoms with Gasteiger partial charge in [-0.3, -0.25) is 10.7 Å². The standard InChI is InChI=1S/C9H11NO/c1-2-5-8-6-3-4-7-9(8)10-11/h2-7,10-11H,1H3. The Labute approximate surface area is 66.1 Å². The fourth-order valence-electron chi connectivity index (χ4n) is 0.924. The van der Waals surface area contributed by atoms with Crippen molar-refractivity contribution >= 4 is 11.8 Å². The number of nitrogens with one attached hydrogen (secondary N) is 1. The number of hydrogen-bond acceptors (Lipinski definition) is 2. The molecule has 0 unspecified atom stereocenters. The quantitative estimate of drug-likeness (QED) is 0.633. The van der Waals surface area contributed by atoms with Crippen LogP contribution in [0, 0.1) is 0 Å². The maximum atomic E-state index is 8.66. The third kappa shape index (κ3) is 1.82. The number of rotatable bonds is 2. The van der Waals surface area contributed by atoms with E-state index in [-0.39, 0.29) is 0 Å². The van der Waals surface area contributed by atoms with Crippen LogP contribution in [0.1, 0.15) is 12.5 Å². The van der Waals surface area contributed by atoms with E-state index in [2.05, 4.69) is 5.48 Å². The van der Waals surface area contributed by atoms with E-state index in [4.69, 9.17) is 5.21 Å². The number of para-hydroxylation sites is 1. The van der Waals surface area contributed by atoms with Crippen LogP contribution in [0.5, 0.6) is 0 Å². The van der Waals surface area contributed by atoms with Crippen molar-refractivity contribution in [1.29, 1.82) is 0 Å². The van der Waals surface area contributed by atoms with Crippen molar-refractivity contribution < 1.29 is 5.21 Å². The number of allylic oxidation sites excluding steroid dienone is 1. The first-order valence-electron chi connectivity index (χ1n) is 3.50. The van der Waals surface area contributed by atoms with Gasteiger partial charge in [0, 0.05) is 0 Å². The summed E-state index contributed by atoms with van der Waals surface area (Å²) in [6, 6.07) is 7.54. The fourth-order valence-corrected chi connectivity index (χ4v) is 0.924.